The van der Waals surface area contributed by atoms with Gasteiger partial charge in [-0.15, -0.1) is 0 Å². The third kappa shape index (κ3) is 5.30. The lowest BCUT2D eigenvalue weighted by molar-refractivity contribution is -0.151. The zero-order chi connectivity index (χ0) is 13.4. The van der Waals surface area contributed by atoms with E-state index in [1.54, 1.807) is 20.8 Å². The van der Waals surface area contributed by atoms with Crippen molar-refractivity contribution in [3.8, 4) is 0 Å². The second-order valence-electron chi connectivity index (χ2n) is 4.21. The van der Waals surface area contributed by atoms with Crippen LogP contribution in [0.2, 0.25) is 0 Å². The fourth-order valence-corrected chi connectivity index (χ4v) is 1.27. The van der Waals surface area contributed by atoms with Crippen LogP contribution in [0.25, 0.3) is 0 Å². The van der Waals surface area contributed by atoms with Crippen LogP contribution in [-0.4, -0.2) is 47.2 Å². The molecule has 0 spiro atoms. The lowest BCUT2D eigenvalue weighted by Gasteiger charge is -2.23. The quantitative estimate of drug-likeness (QED) is 0.442. The Morgan fingerprint density at radius 1 is 1.12 bits per heavy atom. The summed E-state index contributed by atoms with van der Waals surface area (Å²) >= 11 is 0. The highest BCUT2D eigenvalue weighted by Gasteiger charge is 2.24. The Hall–Kier alpha value is -0.910. The molecule has 2 unspecified atom stereocenters. The highest BCUT2D eigenvalue weighted by atomic mass is 16.6. The van der Waals surface area contributed by atoms with Crippen LogP contribution >= 0.6 is 0 Å². The van der Waals surface area contributed by atoms with Gasteiger partial charge in [-0.3, -0.25) is 0 Å². The molecule has 0 bridgehead atoms. The lowest BCUT2D eigenvalue weighted by atomic mass is 10.0. The molecule has 0 aliphatic carbocycles. The van der Waals surface area contributed by atoms with Crippen molar-refractivity contribution in [1.29, 1.82) is 0 Å². The number of rotatable bonds is 7. The molecule has 0 aliphatic rings. The summed E-state index contributed by atoms with van der Waals surface area (Å²) in [4.78, 5) is 11.6. The van der Waals surface area contributed by atoms with Crippen molar-refractivity contribution in [1.82, 2.24) is 0 Å². The first-order chi connectivity index (χ1) is 7.97. The number of carbonyl (C=O) groups is 1. The number of aliphatic hydroxyl groups is 3. The number of esters is 1. The Morgan fingerprint density at radius 2 is 1.71 bits per heavy atom. The minimum atomic E-state index is -0.783. The van der Waals surface area contributed by atoms with E-state index >= 15 is 0 Å². The van der Waals surface area contributed by atoms with Gasteiger partial charge in [0.05, 0.1) is 6.61 Å². The molecule has 0 fully saturated rings. The van der Waals surface area contributed by atoms with Crippen LogP contribution < -0.4 is 0 Å². The Morgan fingerprint density at radius 3 is 2.06 bits per heavy atom. The van der Waals surface area contributed by atoms with Gasteiger partial charge in [-0.2, -0.15) is 0 Å². The van der Waals surface area contributed by atoms with Crippen molar-refractivity contribution >= 4 is 5.97 Å². The van der Waals surface area contributed by atoms with E-state index in [0.29, 0.717) is 5.57 Å². The molecule has 17 heavy (non-hydrogen) atoms. The normalized spacial score (nSPS) is 14.0. The minimum absolute atomic E-state index is 0.124. The third-order valence-corrected chi connectivity index (χ3v) is 2.75. The van der Waals surface area contributed by atoms with Crippen LogP contribution in [0.5, 0.6) is 0 Å². The standard InChI is InChI=1S/C12H22O5/c1-8(2)9(3)12(16)17-11(7-15)10(6-14)4-5-13/h10-11,13-15H,4-7H2,1-3H3. The van der Waals surface area contributed by atoms with Crippen LogP contribution in [0.1, 0.15) is 27.2 Å². The zero-order valence-electron chi connectivity index (χ0n) is 10.6. The van der Waals surface area contributed by atoms with Crippen LogP contribution in [-0.2, 0) is 9.53 Å². The molecule has 0 aromatic rings. The lowest BCUT2D eigenvalue weighted by Crippen LogP contribution is -2.33. The van der Waals surface area contributed by atoms with Crippen LogP contribution in [0.15, 0.2) is 11.1 Å². The highest BCUT2D eigenvalue weighted by Crippen LogP contribution is 2.14. The second kappa shape index (κ2) is 8.22. The smallest absolute Gasteiger partial charge is 0.334 e. The summed E-state index contributed by atoms with van der Waals surface area (Å²) in [5.41, 5.74) is 1.33. The maximum absolute atomic E-state index is 11.6. The number of hydrogen-bond donors (Lipinski definition) is 3. The van der Waals surface area contributed by atoms with Crippen LogP contribution in [0, 0.1) is 5.92 Å². The van der Waals surface area contributed by atoms with Gasteiger partial charge in [0, 0.05) is 24.7 Å². The molecule has 0 aliphatic heterocycles. The van der Waals surface area contributed by atoms with Gasteiger partial charge in [-0.05, 0) is 27.2 Å². The average molecular weight is 246 g/mol. The van der Waals surface area contributed by atoms with E-state index in [4.69, 9.17) is 20.1 Å². The Balaban J connectivity index is 4.59. The molecule has 0 rings (SSSR count). The molecule has 5 nitrogen and oxygen atoms in total. The Bertz CT molecular complexity index is 268. The van der Waals surface area contributed by atoms with Crippen LogP contribution in [0.4, 0.5) is 0 Å². The molecule has 0 saturated heterocycles. The molecule has 3 N–H and O–H groups in total. The van der Waals surface area contributed by atoms with Crippen molar-refractivity contribution in [2.45, 2.75) is 33.3 Å². The zero-order valence-corrected chi connectivity index (χ0v) is 10.6. The fraction of sp³-hybridized carbons (Fsp3) is 0.750. The molecule has 0 amide bonds. The van der Waals surface area contributed by atoms with Crippen molar-refractivity contribution < 1.29 is 24.9 Å². The largest absolute Gasteiger partial charge is 0.456 e. The van der Waals surface area contributed by atoms with E-state index in [9.17, 15) is 4.79 Å². The molecule has 100 valence electrons. The van der Waals surface area contributed by atoms with Crippen LogP contribution in [0.3, 0.4) is 0 Å². The van der Waals surface area contributed by atoms with Gasteiger partial charge >= 0.3 is 5.97 Å². The van der Waals surface area contributed by atoms with Gasteiger partial charge in [0.15, 0.2) is 0 Å². The first-order valence-electron chi connectivity index (χ1n) is 5.65. The summed E-state index contributed by atoms with van der Waals surface area (Å²) in [6, 6.07) is 0. The van der Waals surface area contributed by atoms with E-state index in [1.807, 2.05) is 0 Å². The minimum Gasteiger partial charge on any atom is -0.456 e. The molecule has 0 aromatic carbocycles. The maximum Gasteiger partial charge on any atom is 0.334 e. The molecule has 0 aromatic heterocycles. The highest BCUT2D eigenvalue weighted by molar-refractivity contribution is 5.88. The molecule has 0 heterocycles. The van der Waals surface area contributed by atoms with E-state index in [1.165, 1.54) is 0 Å². The molecule has 2 atom stereocenters. The summed E-state index contributed by atoms with van der Waals surface area (Å²) in [6.07, 6.45) is -0.503. The summed E-state index contributed by atoms with van der Waals surface area (Å²) in [7, 11) is 0. The maximum atomic E-state index is 11.6. The van der Waals surface area contributed by atoms with Gasteiger partial charge in [-0.1, -0.05) is 5.57 Å². The Kier molecular flexibility index (Phi) is 7.78. The van der Waals surface area contributed by atoms with Gasteiger partial charge in [0.1, 0.15) is 6.10 Å². The predicted octanol–water partition coefficient (Wildman–Crippen LogP) is 0.238. The van der Waals surface area contributed by atoms with Gasteiger partial charge in [0.2, 0.25) is 0 Å². The average Bonchev–Trinajstić information content (AvgIpc) is 2.31. The number of ether oxygens (including phenoxy) is 1. The van der Waals surface area contributed by atoms with E-state index < -0.39 is 18.0 Å². The topological polar surface area (TPSA) is 87.0 Å². The van der Waals surface area contributed by atoms with Crippen molar-refractivity contribution in [3.05, 3.63) is 11.1 Å². The summed E-state index contributed by atoms with van der Waals surface area (Å²) < 4.78 is 5.11. The molecular weight excluding hydrogens is 224 g/mol. The third-order valence-electron chi connectivity index (χ3n) is 2.75. The second-order valence-corrected chi connectivity index (χ2v) is 4.21. The molecule has 5 heteroatoms. The van der Waals surface area contributed by atoms with Gasteiger partial charge in [-0.25, -0.2) is 4.79 Å². The summed E-state index contributed by atoms with van der Waals surface area (Å²) in [6.45, 7) is 4.50. The fourth-order valence-electron chi connectivity index (χ4n) is 1.27. The first-order valence-corrected chi connectivity index (χ1v) is 5.65. The van der Waals surface area contributed by atoms with Crippen molar-refractivity contribution in [2.24, 2.45) is 5.92 Å². The number of aliphatic hydroxyl groups excluding tert-OH is 3. The van der Waals surface area contributed by atoms with Crippen molar-refractivity contribution in [3.63, 3.8) is 0 Å². The van der Waals surface area contributed by atoms with E-state index in [0.717, 1.165) is 5.57 Å². The molecule has 0 saturated carbocycles. The summed E-state index contributed by atoms with van der Waals surface area (Å²) in [5, 5.41) is 27.0. The number of hydrogen-bond acceptors (Lipinski definition) is 5. The monoisotopic (exact) mass is 246 g/mol. The van der Waals surface area contributed by atoms with Crippen molar-refractivity contribution in [2.75, 3.05) is 19.8 Å². The molecular formula is C12H22O5. The van der Waals surface area contributed by atoms with E-state index in [-0.39, 0.29) is 26.2 Å². The number of allylic oxidation sites excluding steroid dienone is 1. The Labute approximate surface area is 102 Å². The first kappa shape index (κ1) is 16.1. The molecule has 0 radical (unpaired) electrons. The predicted molar refractivity (Wildman–Crippen MR) is 63.3 cm³/mol. The number of carbonyl (C=O) groups excluding carboxylic acids is 1. The SMILES string of the molecule is CC(C)=C(C)C(=O)OC(CO)C(CO)CCO. The summed E-state index contributed by atoms with van der Waals surface area (Å²) in [5.74, 6) is -0.945. The van der Waals surface area contributed by atoms with Gasteiger partial charge in [0.25, 0.3) is 0 Å². The van der Waals surface area contributed by atoms with E-state index in [2.05, 4.69) is 0 Å². The van der Waals surface area contributed by atoms with Gasteiger partial charge < -0.3 is 20.1 Å².